The van der Waals surface area contributed by atoms with Gasteiger partial charge >= 0.3 is 18.3 Å². The van der Waals surface area contributed by atoms with E-state index in [1.54, 1.807) is 0 Å². The first-order valence-electron chi connectivity index (χ1n) is 10.1. The predicted molar refractivity (Wildman–Crippen MR) is 104 cm³/mol. The molecule has 0 N–H and O–H groups in total. The van der Waals surface area contributed by atoms with Crippen molar-refractivity contribution in [2.24, 2.45) is 5.92 Å². The number of hydrogen-bond donors (Lipinski definition) is 0. The molecule has 10 heteroatoms. The fourth-order valence-electron chi connectivity index (χ4n) is 4.22. The molecule has 33 heavy (non-hydrogen) atoms. The molecular weight excluding hydrogens is 457 g/mol. The fourth-order valence-corrected chi connectivity index (χ4v) is 4.22. The maximum absolute atomic E-state index is 13.4. The summed E-state index contributed by atoms with van der Waals surface area (Å²) in [5.74, 6) is -2.28. The van der Waals surface area contributed by atoms with Crippen LogP contribution < -0.4 is 0 Å². The van der Waals surface area contributed by atoms with E-state index in [2.05, 4.69) is 0 Å². The number of alkyl halides is 6. The van der Waals surface area contributed by atoms with Crippen LogP contribution in [0.2, 0.25) is 0 Å². The monoisotopic (exact) mass is 478 g/mol. The lowest BCUT2D eigenvalue weighted by molar-refractivity contribution is -0.147. The second-order valence-corrected chi connectivity index (χ2v) is 7.94. The fraction of sp³-hybridized carbons (Fsp3) is 0.435. The molecule has 0 amide bonds. The van der Waals surface area contributed by atoms with Gasteiger partial charge in [0, 0.05) is 5.92 Å². The van der Waals surface area contributed by atoms with E-state index < -0.39 is 59.3 Å². The zero-order valence-electron chi connectivity index (χ0n) is 17.6. The molecular formula is C23H21F7O3. The van der Waals surface area contributed by atoms with Crippen LogP contribution in [0.1, 0.15) is 54.0 Å². The molecule has 0 aromatic heterocycles. The summed E-state index contributed by atoms with van der Waals surface area (Å²) >= 11 is 0. The molecule has 180 valence electrons. The van der Waals surface area contributed by atoms with Crippen molar-refractivity contribution >= 4 is 5.97 Å². The Hall–Kier alpha value is -2.62. The van der Waals surface area contributed by atoms with Crippen LogP contribution in [0.5, 0.6) is 0 Å². The van der Waals surface area contributed by atoms with Gasteiger partial charge in [-0.05, 0) is 61.2 Å². The van der Waals surface area contributed by atoms with Crippen LogP contribution in [-0.2, 0) is 26.6 Å². The van der Waals surface area contributed by atoms with Crippen molar-refractivity contribution in [1.82, 2.24) is 0 Å². The van der Waals surface area contributed by atoms with Crippen LogP contribution in [0.4, 0.5) is 30.7 Å². The first-order valence-corrected chi connectivity index (χ1v) is 10.1. The van der Waals surface area contributed by atoms with Crippen LogP contribution in [0.15, 0.2) is 42.5 Å². The quantitative estimate of drug-likeness (QED) is 0.356. The van der Waals surface area contributed by atoms with Gasteiger partial charge in [0.1, 0.15) is 5.82 Å². The van der Waals surface area contributed by atoms with E-state index in [4.69, 9.17) is 9.47 Å². The smallest absolute Gasteiger partial charge is 0.416 e. The van der Waals surface area contributed by atoms with Crippen LogP contribution in [0.3, 0.4) is 0 Å². The number of esters is 1. The minimum Gasteiger partial charge on any atom is -0.469 e. The van der Waals surface area contributed by atoms with Crippen molar-refractivity contribution in [3.63, 3.8) is 0 Å². The maximum atomic E-state index is 13.4. The number of rotatable bonds is 5. The lowest BCUT2D eigenvalue weighted by Gasteiger charge is -2.28. The molecule has 3 rings (SSSR count). The van der Waals surface area contributed by atoms with Crippen molar-refractivity contribution in [3.8, 4) is 0 Å². The molecule has 2 aromatic carbocycles. The second-order valence-electron chi connectivity index (χ2n) is 7.94. The van der Waals surface area contributed by atoms with Crippen molar-refractivity contribution in [2.75, 3.05) is 7.11 Å². The third kappa shape index (κ3) is 5.66. The molecule has 1 aliphatic carbocycles. The highest BCUT2D eigenvalue weighted by atomic mass is 19.4. The summed E-state index contributed by atoms with van der Waals surface area (Å²) < 4.78 is 103. The van der Waals surface area contributed by atoms with Crippen LogP contribution in [-0.4, -0.2) is 19.2 Å². The van der Waals surface area contributed by atoms with Gasteiger partial charge in [0.05, 0.1) is 36.4 Å². The van der Waals surface area contributed by atoms with Gasteiger partial charge in [-0.3, -0.25) is 4.79 Å². The van der Waals surface area contributed by atoms with Crippen LogP contribution >= 0.6 is 0 Å². The maximum Gasteiger partial charge on any atom is 0.416 e. The molecule has 0 heterocycles. The topological polar surface area (TPSA) is 35.5 Å². The lowest BCUT2D eigenvalue weighted by atomic mass is 9.87. The SMILES string of the molecule is COC(=O)C1CC[C@H](O[C@H](C)c2cc(C(F)(F)F)cc(C(F)(F)F)c2)C1c1ccc(F)cc1. The average molecular weight is 478 g/mol. The Labute approximate surface area is 185 Å². The molecule has 0 spiro atoms. The predicted octanol–water partition coefficient (Wildman–Crippen LogP) is 6.68. The zero-order chi connectivity index (χ0) is 24.6. The minimum atomic E-state index is -4.98. The van der Waals surface area contributed by atoms with Gasteiger partial charge in [-0.1, -0.05) is 12.1 Å². The van der Waals surface area contributed by atoms with Crippen LogP contribution in [0, 0.1) is 11.7 Å². The number of carbonyl (C=O) groups is 1. The third-order valence-corrected chi connectivity index (χ3v) is 5.81. The van der Waals surface area contributed by atoms with E-state index in [1.165, 1.54) is 38.3 Å². The van der Waals surface area contributed by atoms with E-state index in [9.17, 15) is 35.5 Å². The molecule has 3 nitrogen and oxygen atoms in total. The molecule has 0 radical (unpaired) electrons. The standard InChI is InChI=1S/C23H21F7O3/c1-12(14-9-15(22(25,26)27)11-16(10-14)23(28,29)30)33-19-8-7-18(21(31)32-2)20(19)13-3-5-17(24)6-4-13/h3-6,9-12,18-20H,7-8H2,1-2H3/t12-,18?,19+,20?/m1/s1. The summed E-state index contributed by atoms with van der Waals surface area (Å²) in [6, 6.07) is 6.64. The van der Waals surface area contributed by atoms with Crippen molar-refractivity contribution in [1.29, 1.82) is 0 Å². The van der Waals surface area contributed by atoms with Crippen molar-refractivity contribution < 1.29 is 45.0 Å². The molecule has 2 unspecified atom stereocenters. The van der Waals surface area contributed by atoms with Gasteiger partial charge in [-0.25, -0.2) is 4.39 Å². The highest BCUT2D eigenvalue weighted by Crippen LogP contribution is 2.45. The third-order valence-electron chi connectivity index (χ3n) is 5.81. The Balaban J connectivity index is 1.94. The lowest BCUT2D eigenvalue weighted by Crippen LogP contribution is -2.27. The van der Waals surface area contributed by atoms with Gasteiger partial charge in [0.25, 0.3) is 0 Å². The summed E-state index contributed by atoms with van der Waals surface area (Å²) in [5.41, 5.74) is -2.61. The Kier molecular flexibility index (Phi) is 7.07. The molecule has 1 aliphatic rings. The Morgan fingerprint density at radius 3 is 1.97 bits per heavy atom. The number of ether oxygens (including phenoxy) is 2. The van der Waals surface area contributed by atoms with E-state index in [0.29, 0.717) is 30.5 Å². The van der Waals surface area contributed by atoms with Gasteiger partial charge in [-0.15, -0.1) is 0 Å². The van der Waals surface area contributed by atoms with Gasteiger partial charge in [-0.2, -0.15) is 26.3 Å². The summed E-state index contributed by atoms with van der Waals surface area (Å²) in [6.07, 6.45) is -11.2. The number of carbonyl (C=O) groups excluding carboxylic acids is 1. The highest BCUT2D eigenvalue weighted by molar-refractivity contribution is 5.74. The minimum absolute atomic E-state index is 0.0559. The molecule has 1 saturated carbocycles. The van der Waals surface area contributed by atoms with E-state index in [-0.39, 0.29) is 11.6 Å². The van der Waals surface area contributed by atoms with Crippen LogP contribution in [0.25, 0.3) is 0 Å². The molecule has 0 aliphatic heterocycles. The molecule has 0 saturated heterocycles. The molecule has 0 bridgehead atoms. The number of methoxy groups -OCH3 is 1. The van der Waals surface area contributed by atoms with E-state index >= 15 is 0 Å². The molecule has 2 aromatic rings. The van der Waals surface area contributed by atoms with Gasteiger partial charge in [0.2, 0.25) is 0 Å². The molecule has 4 atom stereocenters. The average Bonchev–Trinajstić information content (AvgIpc) is 3.15. The Bertz CT molecular complexity index is 951. The number of halogens is 7. The summed E-state index contributed by atoms with van der Waals surface area (Å²) in [6.45, 7) is 1.35. The second kappa shape index (κ2) is 9.32. The van der Waals surface area contributed by atoms with E-state index in [0.717, 1.165) is 0 Å². The highest BCUT2D eigenvalue weighted by Gasteiger charge is 2.44. The van der Waals surface area contributed by atoms with Crippen molar-refractivity contribution in [3.05, 3.63) is 70.5 Å². The summed E-state index contributed by atoms with van der Waals surface area (Å²) in [7, 11) is 1.21. The zero-order valence-corrected chi connectivity index (χ0v) is 17.6. The van der Waals surface area contributed by atoms with Crippen molar-refractivity contribution in [2.45, 2.75) is 50.2 Å². The van der Waals surface area contributed by atoms with Gasteiger partial charge < -0.3 is 9.47 Å². The normalized spacial score (nSPS) is 22.3. The number of benzene rings is 2. The molecule has 1 fully saturated rings. The van der Waals surface area contributed by atoms with E-state index in [1.807, 2.05) is 0 Å². The number of hydrogen-bond acceptors (Lipinski definition) is 3. The first-order chi connectivity index (χ1) is 15.3. The summed E-state index contributed by atoms with van der Waals surface area (Å²) in [5, 5.41) is 0. The first kappa shape index (κ1) is 25.0. The van der Waals surface area contributed by atoms with Gasteiger partial charge in [0.15, 0.2) is 0 Å². The largest absolute Gasteiger partial charge is 0.469 e. The summed E-state index contributed by atoms with van der Waals surface area (Å²) in [4.78, 5) is 12.3. The Morgan fingerprint density at radius 1 is 0.939 bits per heavy atom. The Morgan fingerprint density at radius 2 is 1.48 bits per heavy atom.